The molecule has 1 aliphatic rings. The van der Waals surface area contributed by atoms with Gasteiger partial charge in [-0.1, -0.05) is 86.7 Å². The number of hydrogen-bond donors (Lipinski definition) is 1. The van der Waals surface area contributed by atoms with E-state index in [4.69, 9.17) is 14.5 Å². The number of morpholine rings is 1. The van der Waals surface area contributed by atoms with Crippen molar-refractivity contribution >= 4 is 28.6 Å². The van der Waals surface area contributed by atoms with Crippen molar-refractivity contribution in [2.45, 2.75) is 32.8 Å². The monoisotopic (exact) mass is 554 g/mol. The third-order valence-electron chi connectivity index (χ3n) is 6.66. The summed E-state index contributed by atoms with van der Waals surface area (Å²) in [5.74, 6) is 0.541. The second kappa shape index (κ2) is 12.4. The summed E-state index contributed by atoms with van der Waals surface area (Å²) in [6.07, 6.45) is 1.68. The summed E-state index contributed by atoms with van der Waals surface area (Å²) in [6.45, 7) is 9.98. The normalized spacial score (nSPS) is 13.9. The van der Waals surface area contributed by atoms with E-state index in [2.05, 4.69) is 48.3 Å². The fraction of sp³-hybridized carbons (Fsp3) is 0.281. The van der Waals surface area contributed by atoms with Crippen molar-refractivity contribution in [3.05, 3.63) is 100 Å². The molecule has 1 amide bonds. The first-order valence-electron chi connectivity index (χ1n) is 13.4. The van der Waals surface area contributed by atoms with Crippen LogP contribution in [0.5, 0.6) is 5.75 Å². The predicted octanol–water partition coefficient (Wildman–Crippen LogP) is 6.29. The Balaban J connectivity index is 1.20. The van der Waals surface area contributed by atoms with Crippen molar-refractivity contribution in [1.29, 1.82) is 0 Å². The van der Waals surface area contributed by atoms with Crippen LogP contribution < -0.4 is 15.1 Å². The molecule has 1 aliphatic heterocycles. The number of nitrogens with zero attached hydrogens (tertiary/aromatic N) is 3. The lowest BCUT2D eigenvalue weighted by Crippen LogP contribution is -2.36. The molecule has 8 heteroatoms. The third-order valence-corrected chi connectivity index (χ3v) is 7.71. The third kappa shape index (κ3) is 6.94. The Morgan fingerprint density at radius 3 is 2.40 bits per heavy atom. The van der Waals surface area contributed by atoms with Gasteiger partial charge >= 0.3 is 0 Å². The first-order valence-corrected chi connectivity index (χ1v) is 14.2. The first kappa shape index (κ1) is 27.6. The summed E-state index contributed by atoms with van der Waals surface area (Å²) in [4.78, 5) is 20.8. The average Bonchev–Trinajstić information content (AvgIpc) is 3.41. The van der Waals surface area contributed by atoms with E-state index >= 15 is 0 Å². The Morgan fingerprint density at radius 2 is 1.73 bits per heavy atom. The number of rotatable bonds is 8. The summed E-state index contributed by atoms with van der Waals surface area (Å²) >= 11 is 1.56. The number of nitrogens with one attached hydrogen (secondary N) is 1. The van der Waals surface area contributed by atoms with Gasteiger partial charge in [0.25, 0.3) is 5.91 Å². The van der Waals surface area contributed by atoms with Crippen LogP contribution in [0.3, 0.4) is 0 Å². The maximum atomic E-state index is 12.8. The van der Waals surface area contributed by atoms with Crippen molar-refractivity contribution in [2.75, 3.05) is 31.2 Å². The zero-order chi connectivity index (χ0) is 28.0. The highest BCUT2D eigenvalue weighted by molar-refractivity contribution is 7.17. The van der Waals surface area contributed by atoms with Crippen molar-refractivity contribution in [1.82, 2.24) is 10.4 Å². The number of carbonyl (C=O) groups is 1. The average molecular weight is 555 g/mol. The molecular weight excluding hydrogens is 520 g/mol. The van der Waals surface area contributed by atoms with Crippen LogP contribution >= 0.6 is 11.3 Å². The van der Waals surface area contributed by atoms with Gasteiger partial charge in [0, 0.05) is 24.2 Å². The minimum atomic E-state index is -0.277. The Labute approximate surface area is 239 Å². The zero-order valence-corrected chi connectivity index (χ0v) is 23.9. The number of hydrogen-bond acceptors (Lipinski definition) is 7. The summed E-state index contributed by atoms with van der Waals surface area (Å²) in [5.41, 5.74) is 7.39. The number of hydrazone groups is 1. The molecule has 0 unspecified atom stereocenters. The Morgan fingerprint density at radius 1 is 1.02 bits per heavy atom. The van der Waals surface area contributed by atoms with Crippen LogP contribution in [0.1, 0.15) is 47.1 Å². The molecule has 1 aromatic heterocycles. The number of amides is 1. The zero-order valence-electron chi connectivity index (χ0n) is 23.1. The van der Waals surface area contributed by atoms with E-state index < -0.39 is 0 Å². The molecule has 0 bridgehead atoms. The lowest BCUT2D eigenvalue weighted by atomic mass is 9.87. The van der Waals surface area contributed by atoms with Gasteiger partial charge in [0.15, 0.2) is 5.13 Å². The summed E-state index contributed by atoms with van der Waals surface area (Å²) < 4.78 is 11.4. The van der Waals surface area contributed by atoms with E-state index in [-0.39, 0.29) is 11.3 Å². The lowest BCUT2D eigenvalue weighted by molar-refractivity contribution is 0.0955. The van der Waals surface area contributed by atoms with Crippen molar-refractivity contribution in [3.8, 4) is 17.0 Å². The standard InChI is InChI=1S/C32H34N4O3S/c1-32(2,3)26-13-15-27(16-14-26)39-22-23-9-11-25(12-10-23)30(37)35-33-21-28-29(24-7-5-4-6-8-24)34-31(40-28)36-17-19-38-20-18-36/h4-16,21H,17-20,22H2,1-3H3,(H,35,37). The van der Waals surface area contributed by atoms with E-state index in [1.807, 2.05) is 54.6 Å². The van der Waals surface area contributed by atoms with Crippen LogP contribution in [0, 0.1) is 0 Å². The maximum absolute atomic E-state index is 12.8. The van der Waals surface area contributed by atoms with Gasteiger partial charge in [-0.15, -0.1) is 0 Å². The van der Waals surface area contributed by atoms with Gasteiger partial charge in [-0.3, -0.25) is 4.79 Å². The summed E-state index contributed by atoms with van der Waals surface area (Å²) in [5, 5.41) is 5.19. The summed E-state index contributed by atoms with van der Waals surface area (Å²) in [6, 6.07) is 25.6. The highest BCUT2D eigenvalue weighted by Gasteiger charge is 2.19. The van der Waals surface area contributed by atoms with Crippen molar-refractivity contribution in [2.24, 2.45) is 5.10 Å². The van der Waals surface area contributed by atoms with Crippen molar-refractivity contribution in [3.63, 3.8) is 0 Å². The second-order valence-corrected chi connectivity index (χ2v) is 11.6. The van der Waals surface area contributed by atoms with E-state index in [1.54, 1.807) is 29.7 Å². The molecule has 7 nitrogen and oxygen atoms in total. The molecule has 1 fully saturated rings. The van der Waals surface area contributed by atoms with Crippen LogP contribution in [0.2, 0.25) is 0 Å². The lowest BCUT2D eigenvalue weighted by Gasteiger charge is -2.26. The van der Waals surface area contributed by atoms with Gasteiger partial charge in [0.05, 0.1) is 30.0 Å². The minimum Gasteiger partial charge on any atom is -0.489 e. The Kier molecular flexibility index (Phi) is 8.57. The van der Waals surface area contributed by atoms with Crippen LogP contribution in [0.15, 0.2) is 84.0 Å². The molecule has 5 rings (SSSR count). The molecule has 1 N–H and O–H groups in total. The van der Waals surface area contributed by atoms with Gasteiger partial charge in [-0.2, -0.15) is 5.10 Å². The quantitative estimate of drug-likeness (QED) is 0.205. The molecule has 3 aromatic carbocycles. The van der Waals surface area contributed by atoms with Crippen LogP contribution in [-0.2, 0) is 16.8 Å². The van der Waals surface area contributed by atoms with E-state index in [0.29, 0.717) is 25.4 Å². The number of aromatic nitrogens is 1. The number of carbonyl (C=O) groups excluding carboxylic acids is 1. The van der Waals surface area contributed by atoms with Gasteiger partial charge < -0.3 is 14.4 Å². The fourth-order valence-corrected chi connectivity index (χ4v) is 5.30. The van der Waals surface area contributed by atoms with Crippen LogP contribution in [0.4, 0.5) is 5.13 Å². The van der Waals surface area contributed by atoms with Gasteiger partial charge in [0.1, 0.15) is 12.4 Å². The van der Waals surface area contributed by atoms with Gasteiger partial charge in [-0.05, 0) is 40.8 Å². The fourth-order valence-electron chi connectivity index (χ4n) is 4.28. The molecule has 1 saturated heterocycles. The molecule has 40 heavy (non-hydrogen) atoms. The molecule has 0 aliphatic carbocycles. The molecule has 0 radical (unpaired) electrons. The first-order chi connectivity index (χ1) is 19.4. The predicted molar refractivity (Wildman–Crippen MR) is 162 cm³/mol. The van der Waals surface area contributed by atoms with E-state index in [1.165, 1.54) is 5.56 Å². The number of benzene rings is 3. The largest absolute Gasteiger partial charge is 0.489 e. The van der Waals surface area contributed by atoms with Crippen molar-refractivity contribution < 1.29 is 14.3 Å². The highest BCUT2D eigenvalue weighted by atomic mass is 32.1. The second-order valence-electron chi connectivity index (χ2n) is 10.6. The highest BCUT2D eigenvalue weighted by Crippen LogP contribution is 2.32. The minimum absolute atomic E-state index is 0.107. The van der Waals surface area contributed by atoms with Crippen LogP contribution in [0.25, 0.3) is 11.3 Å². The molecule has 0 spiro atoms. The molecule has 0 atom stereocenters. The number of ether oxygens (including phenoxy) is 2. The van der Waals surface area contributed by atoms with Gasteiger partial charge in [0.2, 0.25) is 0 Å². The SMILES string of the molecule is CC(C)(C)c1ccc(OCc2ccc(C(=O)NN=Cc3sc(N4CCOCC4)nc3-c3ccccc3)cc2)cc1. The number of thiazole rings is 1. The Bertz CT molecular complexity index is 1440. The maximum Gasteiger partial charge on any atom is 0.271 e. The molecule has 2 heterocycles. The van der Waals surface area contributed by atoms with Gasteiger partial charge in [-0.25, -0.2) is 10.4 Å². The summed E-state index contributed by atoms with van der Waals surface area (Å²) in [7, 11) is 0. The van der Waals surface area contributed by atoms with E-state index in [0.717, 1.165) is 45.7 Å². The Hall–Kier alpha value is -4.01. The van der Waals surface area contributed by atoms with E-state index in [9.17, 15) is 4.79 Å². The van der Waals surface area contributed by atoms with Crippen LogP contribution in [-0.4, -0.2) is 43.4 Å². The molecule has 206 valence electrons. The smallest absolute Gasteiger partial charge is 0.271 e. The topological polar surface area (TPSA) is 76.0 Å². The molecule has 0 saturated carbocycles. The molecule has 4 aromatic rings. The molecular formula is C32H34N4O3S. The number of anilines is 1.